The molecule has 3 heteroatoms. The molecule has 0 radical (unpaired) electrons. The Hall–Kier alpha value is -0.540. The van der Waals surface area contributed by atoms with E-state index >= 15 is 0 Å². The fourth-order valence-electron chi connectivity index (χ4n) is 2.38. The molecule has 0 spiro atoms. The lowest BCUT2D eigenvalue weighted by atomic mass is 10.1. The molecule has 2 atom stereocenters. The van der Waals surface area contributed by atoms with Gasteiger partial charge < -0.3 is 10.6 Å². The third-order valence-corrected chi connectivity index (χ3v) is 4.05. The summed E-state index contributed by atoms with van der Waals surface area (Å²) in [6.45, 7) is 5.48. The molecule has 0 aromatic heterocycles. The van der Waals surface area contributed by atoms with E-state index in [4.69, 9.17) is 5.73 Å². The van der Waals surface area contributed by atoms with Crippen LogP contribution in [0.15, 0.2) is 22.7 Å². The van der Waals surface area contributed by atoms with Crippen LogP contribution in [-0.2, 0) is 0 Å². The van der Waals surface area contributed by atoms with E-state index in [9.17, 15) is 0 Å². The minimum absolute atomic E-state index is 0.0828. The Balaban J connectivity index is 2.27. The molecule has 2 N–H and O–H groups in total. The largest absolute Gasteiger partial charge is 0.369 e. The lowest BCUT2D eigenvalue weighted by molar-refractivity contribution is 0.734. The summed E-state index contributed by atoms with van der Waals surface area (Å²) in [5.74, 6) is 0. The maximum atomic E-state index is 5.90. The second-order valence-corrected chi connectivity index (χ2v) is 5.53. The van der Waals surface area contributed by atoms with Gasteiger partial charge in [-0.05, 0) is 44.4 Å². The third kappa shape index (κ3) is 2.25. The second kappa shape index (κ2) is 4.76. The van der Waals surface area contributed by atoms with Gasteiger partial charge in [0.05, 0.1) is 0 Å². The molecular formula is C13H19BrN2. The lowest BCUT2D eigenvalue weighted by Gasteiger charge is -2.24. The first-order chi connectivity index (χ1) is 7.59. The molecule has 0 amide bonds. The average molecular weight is 283 g/mol. The number of anilines is 1. The van der Waals surface area contributed by atoms with Crippen LogP contribution in [0.5, 0.6) is 0 Å². The van der Waals surface area contributed by atoms with Crippen LogP contribution < -0.4 is 10.6 Å². The van der Waals surface area contributed by atoms with Gasteiger partial charge in [-0.1, -0.05) is 22.0 Å². The summed E-state index contributed by atoms with van der Waals surface area (Å²) >= 11 is 3.61. The minimum Gasteiger partial charge on any atom is -0.369 e. The molecule has 88 valence electrons. The summed E-state index contributed by atoms with van der Waals surface area (Å²) < 4.78 is 1.12. The van der Waals surface area contributed by atoms with E-state index in [0.717, 1.165) is 4.47 Å². The van der Waals surface area contributed by atoms with Crippen molar-refractivity contribution in [2.75, 3.05) is 11.4 Å². The number of nitrogens with zero attached hydrogens (tertiary/aromatic N) is 1. The minimum atomic E-state index is 0.0828. The molecule has 1 saturated heterocycles. The van der Waals surface area contributed by atoms with Gasteiger partial charge in [-0.25, -0.2) is 0 Å². The van der Waals surface area contributed by atoms with Crippen molar-refractivity contribution in [2.24, 2.45) is 5.73 Å². The van der Waals surface area contributed by atoms with Crippen molar-refractivity contribution in [1.29, 1.82) is 0 Å². The van der Waals surface area contributed by atoms with Crippen LogP contribution in [0, 0.1) is 0 Å². The second-order valence-electron chi connectivity index (χ2n) is 4.68. The number of benzene rings is 1. The van der Waals surface area contributed by atoms with Gasteiger partial charge in [0, 0.05) is 28.8 Å². The molecule has 1 fully saturated rings. The van der Waals surface area contributed by atoms with Gasteiger partial charge in [0.2, 0.25) is 0 Å². The number of halogens is 1. The van der Waals surface area contributed by atoms with E-state index < -0.39 is 0 Å². The maximum Gasteiger partial charge on any atom is 0.0380 e. The standard InChI is InChI=1S/C13H19BrN2/c1-9-4-3-7-16(9)11-5-6-12(10(2)15)13(14)8-11/h5-6,8-10H,3-4,7,15H2,1-2H3. The fraction of sp³-hybridized carbons (Fsp3) is 0.538. The van der Waals surface area contributed by atoms with E-state index in [1.54, 1.807) is 0 Å². The molecule has 0 bridgehead atoms. The monoisotopic (exact) mass is 282 g/mol. The molecule has 0 saturated carbocycles. The number of hydrogen-bond acceptors (Lipinski definition) is 2. The highest BCUT2D eigenvalue weighted by Gasteiger charge is 2.21. The molecule has 1 aromatic rings. The highest BCUT2D eigenvalue weighted by molar-refractivity contribution is 9.10. The number of nitrogens with two attached hydrogens (primary N) is 1. The van der Waals surface area contributed by atoms with Gasteiger partial charge in [-0.2, -0.15) is 0 Å². The molecular weight excluding hydrogens is 264 g/mol. The first-order valence-corrected chi connectivity index (χ1v) is 6.70. The van der Waals surface area contributed by atoms with E-state index in [1.807, 2.05) is 6.92 Å². The molecule has 1 aliphatic rings. The molecule has 2 rings (SSSR count). The van der Waals surface area contributed by atoms with Gasteiger partial charge in [0.15, 0.2) is 0 Å². The molecule has 16 heavy (non-hydrogen) atoms. The Kier molecular flexibility index (Phi) is 3.55. The quantitative estimate of drug-likeness (QED) is 0.900. The van der Waals surface area contributed by atoms with Crippen LogP contribution in [0.2, 0.25) is 0 Å². The Morgan fingerprint density at radius 2 is 2.25 bits per heavy atom. The highest BCUT2D eigenvalue weighted by atomic mass is 79.9. The number of hydrogen-bond donors (Lipinski definition) is 1. The fourth-order valence-corrected chi connectivity index (χ4v) is 3.11. The van der Waals surface area contributed by atoms with Gasteiger partial charge in [0.25, 0.3) is 0 Å². The number of rotatable bonds is 2. The summed E-state index contributed by atoms with van der Waals surface area (Å²) in [7, 11) is 0. The molecule has 0 aliphatic carbocycles. The molecule has 2 unspecified atom stereocenters. The summed E-state index contributed by atoms with van der Waals surface area (Å²) in [6, 6.07) is 7.26. The van der Waals surface area contributed by atoms with Crippen molar-refractivity contribution < 1.29 is 0 Å². The van der Waals surface area contributed by atoms with Crippen LogP contribution in [0.4, 0.5) is 5.69 Å². The van der Waals surface area contributed by atoms with Crippen molar-refractivity contribution in [1.82, 2.24) is 0 Å². The molecule has 1 aromatic carbocycles. The summed E-state index contributed by atoms with van der Waals surface area (Å²) in [5.41, 5.74) is 8.38. The predicted octanol–water partition coefficient (Wildman–Crippen LogP) is 3.46. The first-order valence-electron chi connectivity index (χ1n) is 5.91. The Morgan fingerprint density at radius 1 is 1.50 bits per heavy atom. The summed E-state index contributed by atoms with van der Waals surface area (Å²) in [6.07, 6.45) is 2.60. The van der Waals surface area contributed by atoms with Gasteiger partial charge >= 0.3 is 0 Å². The average Bonchev–Trinajstić information content (AvgIpc) is 2.63. The topological polar surface area (TPSA) is 29.3 Å². The lowest BCUT2D eigenvalue weighted by Crippen LogP contribution is -2.26. The predicted molar refractivity (Wildman–Crippen MR) is 72.8 cm³/mol. The van der Waals surface area contributed by atoms with E-state index in [1.165, 1.54) is 30.6 Å². The third-order valence-electron chi connectivity index (χ3n) is 3.36. The van der Waals surface area contributed by atoms with E-state index in [2.05, 4.69) is 46.0 Å². The molecule has 1 heterocycles. The van der Waals surface area contributed by atoms with Gasteiger partial charge in [0.1, 0.15) is 0 Å². The van der Waals surface area contributed by atoms with Crippen molar-refractivity contribution in [2.45, 2.75) is 38.8 Å². The van der Waals surface area contributed by atoms with E-state index in [-0.39, 0.29) is 6.04 Å². The zero-order valence-corrected chi connectivity index (χ0v) is 11.5. The Morgan fingerprint density at radius 3 is 2.75 bits per heavy atom. The zero-order chi connectivity index (χ0) is 11.7. The van der Waals surface area contributed by atoms with Crippen LogP contribution in [0.25, 0.3) is 0 Å². The van der Waals surface area contributed by atoms with Crippen LogP contribution >= 0.6 is 15.9 Å². The van der Waals surface area contributed by atoms with Crippen LogP contribution in [0.1, 0.15) is 38.3 Å². The summed E-state index contributed by atoms with van der Waals surface area (Å²) in [5, 5.41) is 0. The van der Waals surface area contributed by atoms with Gasteiger partial charge in [-0.15, -0.1) is 0 Å². The summed E-state index contributed by atoms with van der Waals surface area (Å²) in [4.78, 5) is 2.47. The highest BCUT2D eigenvalue weighted by Crippen LogP contribution is 2.31. The Labute approximate surface area is 106 Å². The smallest absolute Gasteiger partial charge is 0.0380 e. The maximum absolute atomic E-state index is 5.90. The van der Waals surface area contributed by atoms with Crippen LogP contribution in [-0.4, -0.2) is 12.6 Å². The first kappa shape index (κ1) is 11.9. The Bertz CT molecular complexity index is 376. The molecule has 1 aliphatic heterocycles. The normalized spacial score (nSPS) is 22.5. The van der Waals surface area contributed by atoms with Crippen molar-refractivity contribution in [3.8, 4) is 0 Å². The van der Waals surface area contributed by atoms with Crippen molar-refractivity contribution in [3.05, 3.63) is 28.2 Å². The van der Waals surface area contributed by atoms with Crippen LogP contribution in [0.3, 0.4) is 0 Å². The van der Waals surface area contributed by atoms with Crippen molar-refractivity contribution >= 4 is 21.6 Å². The van der Waals surface area contributed by atoms with Gasteiger partial charge in [-0.3, -0.25) is 0 Å². The molecule has 2 nitrogen and oxygen atoms in total. The zero-order valence-electron chi connectivity index (χ0n) is 9.91. The van der Waals surface area contributed by atoms with E-state index in [0.29, 0.717) is 6.04 Å². The van der Waals surface area contributed by atoms with Crippen molar-refractivity contribution in [3.63, 3.8) is 0 Å². The SMILES string of the molecule is CC(N)c1ccc(N2CCCC2C)cc1Br.